The van der Waals surface area contributed by atoms with Crippen molar-refractivity contribution in [1.29, 1.82) is 5.41 Å². The van der Waals surface area contributed by atoms with Crippen molar-refractivity contribution in [2.75, 3.05) is 19.7 Å². The molecule has 1 saturated heterocycles. The highest BCUT2D eigenvalue weighted by molar-refractivity contribution is 5.80. The fourth-order valence-corrected chi connectivity index (χ4v) is 1.50. The zero-order chi connectivity index (χ0) is 9.14. The molecule has 0 radical (unpaired) electrons. The van der Waals surface area contributed by atoms with E-state index in [-0.39, 0.29) is 24.7 Å². The van der Waals surface area contributed by atoms with Gasteiger partial charge < -0.3 is 14.7 Å². The normalized spacial score (nSPS) is 30.4. The summed E-state index contributed by atoms with van der Waals surface area (Å²) in [6, 6.07) is 0. The van der Waals surface area contributed by atoms with Crippen molar-refractivity contribution >= 4 is 5.84 Å². The summed E-state index contributed by atoms with van der Waals surface area (Å²) in [5, 5.41) is 16.2. The van der Waals surface area contributed by atoms with Gasteiger partial charge in [-0.25, -0.2) is 0 Å². The molecule has 2 atom stereocenters. The molecule has 0 aromatic heterocycles. The molecular weight excluding hydrogens is 156 g/mol. The molecule has 1 aliphatic rings. The Balaban J connectivity index is 2.49. The molecular formula is C8H16N2O2. The quantitative estimate of drug-likeness (QED) is 0.434. The Kier molecular flexibility index (Phi) is 3.05. The van der Waals surface area contributed by atoms with Gasteiger partial charge >= 0.3 is 0 Å². The Hall–Kier alpha value is -0.610. The van der Waals surface area contributed by atoms with Crippen LogP contribution in [0.2, 0.25) is 0 Å². The van der Waals surface area contributed by atoms with Crippen LogP contribution in [-0.4, -0.2) is 47.7 Å². The molecule has 0 aromatic rings. The van der Waals surface area contributed by atoms with E-state index in [1.807, 2.05) is 18.7 Å². The van der Waals surface area contributed by atoms with Gasteiger partial charge in [0.15, 0.2) is 0 Å². The molecule has 1 rings (SSSR count). The minimum atomic E-state index is -0.181. The molecule has 2 N–H and O–H groups in total. The van der Waals surface area contributed by atoms with Gasteiger partial charge in [-0.2, -0.15) is 0 Å². The van der Waals surface area contributed by atoms with E-state index in [2.05, 4.69) is 0 Å². The van der Waals surface area contributed by atoms with Crippen LogP contribution >= 0.6 is 0 Å². The lowest BCUT2D eigenvalue weighted by atomic mass is 10.2. The molecule has 4 heteroatoms. The highest BCUT2D eigenvalue weighted by atomic mass is 16.5. The minimum absolute atomic E-state index is 0.153. The monoisotopic (exact) mass is 172 g/mol. The van der Waals surface area contributed by atoms with Crippen LogP contribution in [0.4, 0.5) is 0 Å². The minimum Gasteiger partial charge on any atom is -0.388 e. The smallest absolute Gasteiger partial charge is 0.122 e. The van der Waals surface area contributed by atoms with Crippen molar-refractivity contribution in [3.05, 3.63) is 0 Å². The largest absolute Gasteiger partial charge is 0.388 e. The van der Waals surface area contributed by atoms with Gasteiger partial charge in [0.05, 0.1) is 12.2 Å². The molecule has 1 heterocycles. The summed E-state index contributed by atoms with van der Waals surface area (Å²) in [4.78, 5) is 1.86. The first-order valence-corrected chi connectivity index (χ1v) is 4.22. The molecule has 0 saturated carbocycles. The molecule has 0 unspecified atom stereocenters. The molecule has 12 heavy (non-hydrogen) atoms. The summed E-state index contributed by atoms with van der Waals surface area (Å²) in [5.74, 6) is 0.289. The summed E-state index contributed by atoms with van der Waals surface area (Å²) < 4.78 is 5.49. The molecule has 0 spiro atoms. The van der Waals surface area contributed by atoms with E-state index in [0.717, 1.165) is 0 Å². The van der Waals surface area contributed by atoms with Crippen molar-refractivity contribution in [2.24, 2.45) is 0 Å². The molecule has 1 aliphatic heterocycles. The van der Waals surface area contributed by atoms with Crippen LogP contribution in [0, 0.1) is 5.41 Å². The van der Waals surface area contributed by atoms with Crippen molar-refractivity contribution in [1.82, 2.24) is 4.90 Å². The van der Waals surface area contributed by atoms with Crippen molar-refractivity contribution in [2.45, 2.75) is 26.1 Å². The van der Waals surface area contributed by atoms with Crippen LogP contribution in [0.1, 0.15) is 13.8 Å². The van der Waals surface area contributed by atoms with Crippen LogP contribution in [0.25, 0.3) is 0 Å². The summed E-state index contributed by atoms with van der Waals surface area (Å²) in [6.07, 6.45) is 0.307. The number of hydrogen-bond acceptors (Lipinski definition) is 3. The third kappa shape index (κ3) is 2.19. The lowest BCUT2D eigenvalue weighted by molar-refractivity contribution is -0.0493. The van der Waals surface area contributed by atoms with E-state index < -0.39 is 0 Å². The van der Waals surface area contributed by atoms with Crippen molar-refractivity contribution < 1.29 is 9.84 Å². The number of rotatable bonds is 1. The Bertz CT molecular complexity index is 162. The Morgan fingerprint density at radius 2 is 2.00 bits per heavy atom. The maximum Gasteiger partial charge on any atom is 0.122 e. The molecule has 4 nitrogen and oxygen atoms in total. The summed E-state index contributed by atoms with van der Waals surface area (Å²) in [6.45, 7) is 5.20. The van der Waals surface area contributed by atoms with Crippen LogP contribution in [0.5, 0.6) is 0 Å². The lowest BCUT2D eigenvalue weighted by Crippen LogP contribution is -2.48. The number of amidine groups is 1. The van der Waals surface area contributed by atoms with E-state index in [9.17, 15) is 0 Å². The standard InChI is InChI=1S/C8H16N2O2/c1-6-3-10(8(9)5-11)4-7(2)12-6/h6-7,9,11H,3-5H2,1-2H3/t6-,7-/m1/s1. The van der Waals surface area contributed by atoms with E-state index in [1.165, 1.54) is 0 Å². The zero-order valence-corrected chi connectivity index (χ0v) is 7.58. The first-order valence-electron chi connectivity index (χ1n) is 4.22. The van der Waals surface area contributed by atoms with Crippen molar-refractivity contribution in [3.63, 3.8) is 0 Å². The van der Waals surface area contributed by atoms with Gasteiger partial charge in [0.2, 0.25) is 0 Å². The number of aliphatic hydroxyl groups is 1. The second kappa shape index (κ2) is 3.87. The average molecular weight is 172 g/mol. The maximum absolute atomic E-state index is 8.75. The zero-order valence-electron chi connectivity index (χ0n) is 7.58. The summed E-state index contributed by atoms with van der Waals surface area (Å²) in [5.41, 5.74) is 0. The van der Waals surface area contributed by atoms with Crippen molar-refractivity contribution in [3.8, 4) is 0 Å². The number of ether oxygens (including phenoxy) is 1. The first kappa shape index (κ1) is 9.48. The number of nitrogens with zero attached hydrogens (tertiary/aromatic N) is 1. The van der Waals surface area contributed by atoms with Gasteiger partial charge in [0.1, 0.15) is 12.4 Å². The van der Waals surface area contributed by atoms with Gasteiger partial charge in [-0.1, -0.05) is 0 Å². The molecule has 70 valence electrons. The van der Waals surface area contributed by atoms with Crippen LogP contribution in [0.3, 0.4) is 0 Å². The molecule has 0 aliphatic carbocycles. The molecule has 0 bridgehead atoms. The lowest BCUT2D eigenvalue weighted by Gasteiger charge is -2.36. The van der Waals surface area contributed by atoms with Gasteiger partial charge in [-0.05, 0) is 13.8 Å². The average Bonchev–Trinajstić information content (AvgIpc) is 2.01. The van der Waals surface area contributed by atoms with Gasteiger partial charge in [-0.15, -0.1) is 0 Å². The Morgan fingerprint density at radius 1 is 1.50 bits per heavy atom. The summed E-state index contributed by atoms with van der Waals surface area (Å²) >= 11 is 0. The SMILES string of the molecule is C[C@@H]1CN(C(=N)CO)C[C@@H](C)O1. The second-order valence-corrected chi connectivity index (χ2v) is 3.27. The molecule has 0 amide bonds. The van der Waals surface area contributed by atoms with E-state index in [4.69, 9.17) is 15.3 Å². The van der Waals surface area contributed by atoms with E-state index in [0.29, 0.717) is 13.1 Å². The molecule has 0 aromatic carbocycles. The highest BCUT2D eigenvalue weighted by Gasteiger charge is 2.23. The summed E-state index contributed by atoms with van der Waals surface area (Å²) in [7, 11) is 0. The fraction of sp³-hybridized carbons (Fsp3) is 0.875. The van der Waals surface area contributed by atoms with Crippen LogP contribution < -0.4 is 0 Å². The number of hydrogen-bond donors (Lipinski definition) is 2. The molecule has 1 fully saturated rings. The Morgan fingerprint density at radius 3 is 2.42 bits per heavy atom. The third-order valence-corrected chi connectivity index (χ3v) is 1.95. The van der Waals surface area contributed by atoms with E-state index >= 15 is 0 Å². The number of aliphatic hydroxyl groups excluding tert-OH is 1. The van der Waals surface area contributed by atoms with Crippen LogP contribution in [-0.2, 0) is 4.74 Å². The van der Waals surface area contributed by atoms with Gasteiger partial charge in [-0.3, -0.25) is 5.41 Å². The topological polar surface area (TPSA) is 56.6 Å². The maximum atomic E-state index is 8.75. The number of nitrogens with one attached hydrogen (secondary N) is 1. The van der Waals surface area contributed by atoms with Gasteiger partial charge in [0.25, 0.3) is 0 Å². The van der Waals surface area contributed by atoms with Gasteiger partial charge in [0, 0.05) is 13.1 Å². The first-order chi connectivity index (χ1) is 5.63. The third-order valence-electron chi connectivity index (χ3n) is 1.95. The van der Waals surface area contributed by atoms with Crippen LogP contribution in [0.15, 0.2) is 0 Å². The predicted molar refractivity (Wildman–Crippen MR) is 46.4 cm³/mol. The van der Waals surface area contributed by atoms with E-state index in [1.54, 1.807) is 0 Å². The second-order valence-electron chi connectivity index (χ2n) is 3.27. The fourth-order valence-electron chi connectivity index (χ4n) is 1.50. The number of morpholine rings is 1. The Labute approximate surface area is 72.6 Å². The predicted octanol–water partition coefficient (Wildman–Crippen LogP) is 0.0652. The highest BCUT2D eigenvalue weighted by Crippen LogP contribution is 2.10.